The van der Waals surface area contributed by atoms with Gasteiger partial charge in [-0.2, -0.15) is 17.4 Å². The average Bonchev–Trinajstić information content (AvgIpc) is 2.54. The number of rotatable bonds is 2. The number of hydrogen-bond acceptors (Lipinski definition) is 3. The molecule has 2 saturated heterocycles. The third-order valence-corrected chi connectivity index (χ3v) is 5.08. The van der Waals surface area contributed by atoms with E-state index in [1.807, 2.05) is 20.8 Å². The number of hydrogen-bond donors (Lipinski definition) is 2. The van der Waals surface area contributed by atoms with Crippen molar-refractivity contribution in [1.29, 1.82) is 0 Å². The lowest BCUT2D eigenvalue weighted by atomic mass is 10.1. The van der Waals surface area contributed by atoms with Gasteiger partial charge in [-0.3, -0.25) is 0 Å². The molecule has 5 nitrogen and oxygen atoms in total. The fourth-order valence-electron chi connectivity index (χ4n) is 2.55. The largest absolute Gasteiger partial charge is 0.315 e. The van der Waals surface area contributed by atoms with E-state index >= 15 is 0 Å². The third-order valence-electron chi connectivity index (χ3n) is 3.14. The Balaban J connectivity index is 2.12. The molecule has 2 fully saturated rings. The Labute approximate surface area is 97.8 Å². The Morgan fingerprint density at radius 2 is 2.00 bits per heavy atom. The first-order valence-electron chi connectivity index (χ1n) is 5.81. The van der Waals surface area contributed by atoms with Crippen LogP contribution in [0.25, 0.3) is 0 Å². The van der Waals surface area contributed by atoms with Crippen LogP contribution in [0.4, 0.5) is 0 Å². The van der Waals surface area contributed by atoms with Crippen LogP contribution in [0.3, 0.4) is 0 Å². The summed E-state index contributed by atoms with van der Waals surface area (Å²) in [7, 11) is -3.33. The molecule has 0 saturated carbocycles. The predicted octanol–water partition coefficient (Wildman–Crippen LogP) is -0.0870. The zero-order chi connectivity index (χ0) is 12.0. The quantitative estimate of drug-likeness (QED) is 0.717. The molecule has 0 spiro atoms. The molecule has 2 N–H and O–H groups in total. The summed E-state index contributed by atoms with van der Waals surface area (Å²) in [6, 6.07) is 0.153. The number of nitrogens with zero attached hydrogens (tertiary/aromatic N) is 1. The lowest BCUT2D eigenvalue weighted by Gasteiger charge is -2.28. The van der Waals surface area contributed by atoms with Gasteiger partial charge in [-0.25, -0.2) is 0 Å². The molecule has 2 aliphatic rings. The Bertz CT molecular complexity index is 361. The summed E-state index contributed by atoms with van der Waals surface area (Å²) in [5, 5.41) is 3.26. The highest BCUT2D eigenvalue weighted by molar-refractivity contribution is 7.87. The first kappa shape index (κ1) is 12.3. The average molecular weight is 247 g/mol. The Hall–Kier alpha value is -0.170. The lowest BCUT2D eigenvalue weighted by Crippen LogP contribution is -2.51. The van der Waals surface area contributed by atoms with E-state index in [4.69, 9.17) is 0 Å². The van der Waals surface area contributed by atoms with Gasteiger partial charge in [0.1, 0.15) is 0 Å². The summed E-state index contributed by atoms with van der Waals surface area (Å²) in [6.07, 6.45) is 0.975. The monoisotopic (exact) mass is 247 g/mol. The molecule has 0 amide bonds. The van der Waals surface area contributed by atoms with Gasteiger partial charge in [-0.1, -0.05) is 0 Å². The van der Waals surface area contributed by atoms with E-state index in [-0.39, 0.29) is 6.04 Å². The van der Waals surface area contributed by atoms with Crippen molar-refractivity contribution in [3.05, 3.63) is 0 Å². The van der Waals surface area contributed by atoms with Crippen LogP contribution in [0.15, 0.2) is 0 Å². The van der Waals surface area contributed by atoms with Gasteiger partial charge in [0, 0.05) is 24.7 Å². The number of nitrogens with one attached hydrogen (secondary N) is 2. The van der Waals surface area contributed by atoms with E-state index in [0.717, 1.165) is 19.5 Å². The summed E-state index contributed by atoms with van der Waals surface area (Å²) >= 11 is 0. The van der Waals surface area contributed by atoms with E-state index in [1.165, 1.54) is 0 Å². The Morgan fingerprint density at radius 3 is 2.62 bits per heavy atom. The Kier molecular flexibility index (Phi) is 3.03. The van der Waals surface area contributed by atoms with Crippen molar-refractivity contribution in [2.75, 3.05) is 19.6 Å². The van der Waals surface area contributed by atoms with Crippen molar-refractivity contribution in [3.63, 3.8) is 0 Å². The highest BCUT2D eigenvalue weighted by Gasteiger charge is 2.44. The topological polar surface area (TPSA) is 61.4 Å². The van der Waals surface area contributed by atoms with Crippen molar-refractivity contribution in [2.45, 2.75) is 38.8 Å². The van der Waals surface area contributed by atoms with Crippen LogP contribution >= 0.6 is 0 Å². The van der Waals surface area contributed by atoms with E-state index < -0.39 is 15.7 Å². The van der Waals surface area contributed by atoms with Crippen molar-refractivity contribution in [2.24, 2.45) is 5.92 Å². The summed E-state index contributed by atoms with van der Waals surface area (Å²) < 4.78 is 28.7. The van der Waals surface area contributed by atoms with Crippen LogP contribution in [-0.2, 0) is 10.2 Å². The molecule has 0 aliphatic carbocycles. The second-order valence-corrected chi connectivity index (χ2v) is 7.37. The maximum atomic E-state index is 12.2. The molecule has 94 valence electrons. The lowest BCUT2D eigenvalue weighted by molar-refractivity contribution is 0.362. The molecule has 2 heterocycles. The minimum atomic E-state index is -3.33. The molecule has 0 radical (unpaired) electrons. The molecule has 0 aromatic carbocycles. The van der Waals surface area contributed by atoms with Crippen molar-refractivity contribution in [3.8, 4) is 0 Å². The molecular formula is C10H21N3O2S. The van der Waals surface area contributed by atoms with E-state index in [0.29, 0.717) is 12.5 Å². The standard InChI is InChI=1S/C10H21N3O2S/c1-10(2,3)12-16(14,15)13-5-4-8-6-11-7-9(8)13/h8-9,11-12H,4-7H2,1-3H3/t8-,9+/m0/s1. The van der Waals surface area contributed by atoms with Crippen LogP contribution in [0.1, 0.15) is 27.2 Å². The molecule has 0 aromatic heterocycles. The summed E-state index contributed by atoms with van der Waals surface area (Å²) in [4.78, 5) is 0. The zero-order valence-electron chi connectivity index (χ0n) is 10.2. The van der Waals surface area contributed by atoms with Crippen LogP contribution in [0.2, 0.25) is 0 Å². The van der Waals surface area contributed by atoms with Gasteiger partial charge in [0.2, 0.25) is 0 Å². The van der Waals surface area contributed by atoms with Crippen molar-refractivity contribution < 1.29 is 8.42 Å². The highest BCUT2D eigenvalue weighted by atomic mass is 32.2. The van der Waals surface area contributed by atoms with Gasteiger partial charge in [0.05, 0.1) is 0 Å². The SMILES string of the molecule is CC(C)(C)NS(=O)(=O)N1CC[C@H]2CNC[C@H]21. The smallest absolute Gasteiger partial charge is 0.280 e. The van der Waals surface area contributed by atoms with Gasteiger partial charge in [0.25, 0.3) is 10.2 Å². The van der Waals surface area contributed by atoms with E-state index in [9.17, 15) is 8.42 Å². The molecule has 2 atom stereocenters. The Morgan fingerprint density at radius 1 is 1.31 bits per heavy atom. The molecule has 6 heteroatoms. The molecule has 0 bridgehead atoms. The van der Waals surface area contributed by atoms with Gasteiger partial charge in [-0.15, -0.1) is 0 Å². The fraction of sp³-hybridized carbons (Fsp3) is 1.00. The first-order valence-corrected chi connectivity index (χ1v) is 7.25. The first-order chi connectivity index (χ1) is 7.30. The molecule has 2 rings (SSSR count). The second-order valence-electron chi connectivity index (χ2n) is 5.74. The second kappa shape index (κ2) is 3.94. The molecule has 0 aromatic rings. The number of fused-ring (bicyclic) bond motifs is 1. The van der Waals surface area contributed by atoms with Crippen LogP contribution in [0, 0.1) is 5.92 Å². The van der Waals surface area contributed by atoms with Gasteiger partial charge in [-0.05, 0) is 39.7 Å². The van der Waals surface area contributed by atoms with Gasteiger partial charge >= 0.3 is 0 Å². The fourth-order valence-corrected chi connectivity index (χ4v) is 4.39. The maximum Gasteiger partial charge on any atom is 0.280 e. The molecular weight excluding hydrogens is 226 g/mol. The molecule has 0 unspecified atom stereocenters. The van der Waals surface area contributed by atoms with E-state index in [1.54, 1.807) is 4.31 Å². The maximum absolute atomic E-state index is 12.2. The molecule has 2 aliphatic heterocycles. The minimum Gasteiger partial charge on any atom is -0.315 e. The molecule has 16 heavy (non-hydrogen) atoms. The van der Waals surface area contributed by atoms with Gasteiger partial charge in [0.15, 0.2) is 0 Å². The van der Waals surface area contributed by atoms with Crippen molar-refractivity contribution >= 4 is 10.2 Å². The van der Waals surface area contributed by atoms with Crippen LogP contribution < -0.4 is 10.0 Å². The summed E-state index contributed by atoms with van der Waals surface area (Å²) in [5.41, 5.74) is -0.414. The summed E-state index contributed by atoms with van der Waals surface area (Å²) in [6.45, 7) is 7.99. The minimum absolute atomic E-state index is 0.153. The van der Waals surface area contributed by atoms with Crippen LogP contribution in [0.5, 0.6) is 0 Å². The predicted molar refractivity (Wildman–Crippen MR) is 63.3 cm³/mol. The third kappa shape index (κ3) is 2.40. The normalized spacial score (nSPS) is 31.9. The van der Waals surface area contributed by atoms with Gasteiger partial charge < -0.3 is 5.32 Å². The highest BCUT2D eigenvalue weighted by Crippen LogP contribution is 2.29. The van der Waals surface area contributed by atoms with E-state index in [2.05, 4.69) is 10.0 Å². The zero-order valence-corrected chi connectivity index (χ0v) is 11.0. The van der Waals surface area contributed by atoms with Crippen LogP contribution in [-0.4, -0.2) is 43.9 Å². The summed E-state index contributed by atoms with van der Waals surface area (Å²) in [5.74, 6) is 0.497. The van der Waals surface area contributed by atoms with Crippen molar-refractivity contribution in [1.82, 2.24) is 14.3 Å².